The van der Waals surface area contributed by atoms with E-state index in [1.165, 1.54) is 0 Å². The van der Waals surface area contributed by atoms with Gasteiger partial charge in [0.2, 0.25) is 5.91 Å². The van der Waals surface area contributed by atoms with Crippen molar-refractivity contribution in [3.8, 4) is 0 Å². The van der Waals surface area contributed by atoms with Crippen LogP contribution in [-0.4, -0.2) is 24.0 Å². The van der Waals surface area contributed by atoms with Gasteiger partial charge in [-0.2, -0.15) is 11.8 Å². The summed E-state index contributed by atoms with van der Waals surface area (Å²) in [4.78, 5) is 10.9. The van der Waals surface area contributed by atoms with Gasteiger partial charge in [0.15, 0.2) is 0 Å². The summed E-state index contributed by atoms with van der Waals surface area (Å²) in [5, 5.41) is 3.04. The molecule has 1 N–H and O–H groups in total. The lowest BCUT2D eigenvalue weighted by Gasteiger charge is -2.19. The van der Waals surface area contributed by atoms with Crippen molar-refractivity contribution in [1.82, 2.24) is 5.32 Å². The molecule has 1 rings (SSSR count). The molecule has 0 radical (unpaired) electrons. The second-order valence-corrected chi connectivity index (χ2v) is 3.20. The average Bonchev–Trinajstić information content (AvgIpc) is 1.89. The lowest BCUT2D eigenvalue weighted by molar-refractivity contribution is -0.121. The lowest BCUT2D eigenvalue weighted by atomic mass is 10.1. The number of hydrogen-bond donors (Lipinski definition) is 1. The van der Waals surface area contributed by atoms with Crippen LogP contribution in [0.25, 0.3) is 0 Å². The number of carbonyl (C=O) groups excluding carboxylic acids is 1. The Balaban J connectivity index is 2.39. The van der Waals surface area contributed by atoms with Crippen LogP contribution in [0.2, 0.25) is 0 Å². The third kappa shape index (κ3) is 1.61. The fourth-order valence-corrected chi connectivity index (χ4v) is 1.67. The Kier molecular flexibility index (Phi) is 2.39. The van der Waals surface area contributed by atoms with Crippen LogP contribution in [0.15, 0.2) is 0 Å². The topological polar surface area (TPSA) is 29.1 Å². The van der Waals surface area contributed by atoms with Gasteiger partial charge in [-0.25, -0.2) is 0 Å². The smallest absolute Gasteiger partial charge is 0.233 e. The molecule has 1 heterocycles. The Labute approximate surface area is 59.4 Å². The quantitative estimate of drug-likeness (QED) is 0.586. The molecular weight excluding hydrogens is 134 g/mol. The second kappa shape index (κ2) is 3.11. The van der Waals surface area contributed by atoms with Crippen LogP contribution in [0.4, 0.5) is 0 Å². The van der Waals surface area contributed by atoms with Crippen LogP contribution in [0, 0.1) is 0 Å². The number of piperidine rings is 1. The molecule has 0 aromatic rings. The highest BCUT2D eigenvalue weighted by molar-refractivity contribution is 7.99. The summed E-state index contributed by atoms with van der Waals surface area (Å²) < 4.78 is 0. The molecule has 1 unspecified atom stereocenters. The number of rotatable bonds is 1. The molecule has 0 saturated carbocycles. The zero-order chi connectivity index (χ0) is 6.69. The van der Waals surface area contributed by atoms with E-state index in [4.69, 9.17) is 0 Å². The number of amides is 1. The summed E-state index contributed by atoms with van der Waals surface area (Å²) in [7, 11) is 0. The Morgan fingerprint density at radius 1 is 1.78 bits per heavy atom. The van der Waals surface area contributed by atoms with Gasteiger partial charge in [-0.3, -0.25) is 4.79 Å². The van der Waals surface area contributed by atoms with E-state index in [1.54, 1.807) is 11.8 Å². The maximum Gasteiger partial charge on any atom is 0.233 e. The van der Waals surface area contributed by atoms with E-state index >= 15 is 0 Å². The number of carbonyl (C=O) groups is 1. The molecule has 0 aromatic carbocycles. The normalized spacial score (nSPS) is 27.7. The van der Waals surface area contributed by atoms with Crippen molar-refractivity contribution in [2.24, 2.45) is 0 Å². The van der Waals surface area contributed by atoms with Crippen molar-refractivity contribution in [2.45, 2.75) is 18.1 Å². The number of thioether (sulfide) groups is 1. The van der Waals surface area contributed by atoms with Gasteiger partial charge in [0.25, 0.3) is 0 Å². The van der Waals surface area contributed by atoms with Crippen LogP contribution in [-0.2, 0) is 4.79 Å². The maximum atomic E-state index is 10.9. The van der Waals surface area contributed by atoms with Gasteiger partial charge in [-0.1, -0.05) is 0 Å². The lowest BCUT2D eigenvalue weighted by Crippen LogP contribution is -2.38. The standard InChI is InChI=1S/C6H11NOS/c1-9-5-3-2-4-7-6(5)8/h5H,2-4H2,1H3,(H,7,8). The Hall–Kier alpha value is -0.180. The van der Waals surface area contributed by atoms with E-state index in [-0.39, 0.29) is 11.2 Å². The van der Waals surface area contributed by atoms with E-state index in [2.05, 4.69) is 5.32 Å². The summed E-state index contributed by atoms with van der Waals surface area (Å²) in [5.41, 5.74) is 0. The van der Waals surface area contributed by atoms with Gasteiger partial charge in [-0.15, -0.1) is 0 Å². The van der Waals surface area contributed by atoms with Gasteiger partial charge < -0.3 is 5.32 Å². The predicted octanol–water partition coefficient (Wildman–Crippen LogP) is 0.628. The number of hydrogen-bond acceptors (Lipinski definition) is 2. The fraction of sp³-hybridized carbons (Fsp3) is 0.833. The molecular formula is C6H11NOS. The van der Waals surface area contributed by atoms with E-state index in [0.29, 0.717) is 0 Å². The first-order valence-electron chi connectivity index (χ1n) is 3.15. The minimum Gasteiger partial charge on any atom is -0.355 e. The van der Waals surface area contributed by atoms with Gasteiger partial charge in [0.1, 0.15) is 0 Å². The molecule has 0 bridgehead atoms. The van der Waals surface area contributed by atoms with Crippen molar-refractivity contribution in [3.63, 3.8) is 0 Å². The average molecular weight is 145 g/mol. The third-order valence-corrected chi connectivity index (χ3v) is 2.54. The largest absolute Gasteiger partial charge is 0.355 e. The van der Waals surface area contributed by atoms with E-state index in [1.807, 2.05) is 6.26 Å². The van der Waals surface area contributed by atoms with Gasteiger partial charge in [0.05, 0.1) is 5.25 Å². The van der Waals surface area contributed by atoms with Crippen molar-refractivity contribution in [1.29, 1.82) is 0 Å². The SMILES string of the molecule is CSC1CCCNC1=O. The first kappa shape index (κ1) is 6.93. The summed E-state index contributed by atoms with van der Waals surface area (Å²) >= 11 is 1.64. The molecule has 9 heavy (non-hydrogen) atoms. The Morgan fingerprint density at radius 3 is 3.00 bits per heavy atom. The van der Waals surface area contributed by atoms with Crippen molar-refractivity contribution in [3.05, 3.63) is 0 Å². The molecule has 0 aliphatic carbocycles. The van der Waals surface area contributed by atoms with E-state index in [0.717, 1.165) is 19.4 Å². The Morgan fingerprint density at radius 2 is 2.56 bits per heavy atom. The highest BCUT2D eigenvalue weighted by Gasteiger charge is 2.19. The van der Waals surface area contributed by atoms with Crippen LogP contribution in [0.5, 0.6) is 0 Å². The van der Waals surface area contributed by atoms with Crippen molar-refractivity contribution >= 4 is 17.7 Å². The van der Waals surface area contributed by atoms with Gasteiger partial charge in [-0.05, 0) is 19.1 Å². The number of nitrogens with one attached hydrogen (secondary N) is 1. The molecule has 3 heteroatoms. The molecule has 0 spiro atoms. The zero-order valence-corrected chi connectivity index (χ0v) is 6.33. The molecule has 52 valence electrons. The highest BCUT2D eigenvalue weighted by Crippen LogP contribution is 2.15. The highest BCUT2D eigenvalue weighted by atomic mass is 32.2. The molecule has 1 atom stereocenters. The predicted molar refractivity (Wildman–Crippen MR) is 39.5 cm³/mol. The maximum absolute atomic E-state index is 10.9. The molecule has 1 aliphatic rings. The van der Waals surface area contributed by atoms with Crippen molar-refractivity contribution in [2.75, 3.05) is 12.8 Å². The van der Waals surface area contributed by atoms with Crippen LogP contribution in [0.1, 0.15) is 12.8 Å². The molecule has 1 fully saturated rings. The minimum atomic E-state index is 0.216. The molecule has 0 aromatic heterocycles. The summed E-state index contributed by atoms with van der Waals surface area (Å²) in [6.07, 6.45) is 4.17. The summed E-state index contributed by atoms with van der Waals surface area (Å²) in [6, 6.07) is 0. The van der Waals surface area contributed by atoms with Crippen LogP contribution in [0.3, 0.4) is 0 Å². The third-order valence-electron chi connectivity index (χ3n) is 1.52. The first-order valence-corrected chi connectivity index (χ1v) is 4.44. The van der Waals surface area contributed by atoms with Gasteiger partial charge >= 0.3 is 0 Å². The fourth-order valence-electron chi connectivity index (χ4n) is 0.969. The second-order valence-electron chi connectivity index (χ2n) is 2.16. The van der Waals surface area contributed by atoms with Crippen LogP contribution < -0.4 is 5.32 Å². The monoisotopic (exact) mass is 145 g/mol. The van der Waals surface area contributed by atoms with E-state index < -0.39 is 0 Å². The summed E-state index contributed by atoms with van der Waals surface area (Å²) in [6.45, 7) is 0.871. The zero-order valence-electron chi connectivity index (χ0n) is 5.52. The van der Waals surface area contributed by atoms with Gasteiger partial charge in [0, 0.05) is 6.54 Å². The Bertz CT molecular complexity index is 116. The molecule has 2 nitrogen and oxygen atoms in total. The first-order chi connectivity index (χ1) is 4.34. The van der Waals surface area contributed by atoms with Crippen LogP contribution >= 0.6 is 11.8 Å². The molecule has 1 aliphatic heterocycles. The molecule has 1 amide bonds. The summed E-state index contributed by atoms with van der Waals surface area (Å²) in [5.74, 6) is 0.216. The molecule has 1 saturated heterocycles. The minimum absolute atomic E-state index is 0.216. The van der Waals surface area contributed by atoms with E-state index in [9.17, 15) is 4.79 Å². The van der Waals surface area contributed by atoms with Crippen molar-refractivity contribution < 1.29 is 4.79 Å².